The van der Waals surface area contributed by atoms with Crippen LogP contribution in [0.2, 0.25) is 0 Å². The smallest absolute Gasteiger partial charge is 0.124 e. The highest BCUT2D eigenvalue weighted by atomic mass is 19.1. The fourth-order valence-corrected chi connectivity index (χ4v) is 0.863. The molecule has 1 fully saturated rings. The molecule has 0 aromatic carbocycles. The van der Waals surface area contributed by atoms with Crippen LogP contribution < -0.4 is 0 Å². The molecule has 0 bridgehead atoms. The summed E-state index contributed by atoms with van der Waals surface area (Å²) in [5, 5.41) is 8.35. The van der Waals surface area contributed by atoms with E-state index in [2.05, 4.69) is 0 Å². The predicted octanol–water partition coefficient (Wildman–Crippen LogP) is 1.63. The number of hydrogen-bond donors (Lipinski definition) is 1. The molecule has 0 atom stereocenters. The standard InChI is InChI=1S/C7H11FO/c1-5(6-2-3-6)7(8)4-9/h6,9H,2-4H2,1H3/b7-5+. The molecule has 0 heterocycles. The zero-order chi connectivity index (χ0) is 6.85. The first-order chi connectivity index (χ1) is 4.25. The summed E-state index contributed by atoms with van der Waals surface area (Å²) in [4.78, 5) is 0. The normalized spacial score (nSPS) is 21.7. The molecular formula is C7H11FO. The molecule has 2 heteroatoms. The molecule has 1 rings (SSSR count). The lowest BCUT2D eigenvalue weighted by atomic mass is 10.2. The van der Waals surface area contributed by atoms with Gasteiger partial charge in [0.2, 0.25) is 0 Å². The summed E-state index contributed by atoms with van der Waals surface area (Å²) in [7, 11) is 0. The van der Waals surface area contributed by atoms with Gasteiger partial charge in [0.25, 0.3) is 0 Å². The van der Waals surface area contributed by atoms with E-state index in [0.29, 0.717) is 5.92 Å². The molecule has 0 spiro atoms. The highest BCUT2D eigenvalue weighted by Crippen LogP contribution is 2.37. The van der Waals surface area contributed by atoms with Gasteiger partial charge in [-0.25, -0.2) is 4.39 Å². The fourth-order valence-electron chi connectivity index (χ4n) is 0.863. The van der Waals surface area contributed by atoms with Gasteiger partial charge in [0.05, 0.1) is 6.61 Å². The van der Waals surface area contributed by atoms with Crippen molar-refractivity contribution in [2.75, 3.05) is 6.61 Å². The molecule has 9 heavy (non-hydrogen) atoms. The van der Waals surface area contributed by atoms with Gasteiger partial charge < -0.3 is 5.11 Å². The Hall–Kier alpha value is -0.370. The van der Waals surface area contributed by atoms with Crippen molar-refractivity contribution in [3.63, 3.8) is 0 Å². The Balaban J connectivity index is 2.53. The molecule has 1 N–H and O–H groups in total. The van der Waals surface area contributed by atoms with E-state index in [9.17, 15) is 4.39 Å². The molecule has 0 saturated heterocycles. The number of aliphatic hydroxyl groups excluding tert-OH is 1. The maximum absolute atomic E-state index is 12.4. The second kappa shape index (κ2) is 2.48. The Labute approximate surface area is 54.2 Å². The number of rotatable bonds is 2. The molecule has 1 aliphatic rings. The van der Waals surface area contributed by atoms with Crippen LogP contribution >= 0.6 is 0 Å². The number of halogens is 1. The van der Waals surface area contributed by atoms with Crippen LogP contribution in [0.3, 0.4) is 0 Å². The monoisotopic (exact) mass is 130 g/mol. The third kappa shape index (κ3) is 1.52. The lowest BCUT2D eigenvalue weighted by molar-refractivity contribution is 0.294. The number of aliphatic hydroxyl groups is 1. The fraction of sp³-hybridized carbons (Fsp3) is 0.714. The van der Waals surface area contributed by atoms with E-state index >= 15 is 0 Å². The van der Waals surface area contributed by atoms with Gasteiger partial charge in [-0.2, -0.15) is 0 Å². The topological polar surface area (TPSA) is 20.2 Å². The quantitative estimate of drug-likeness (QED) is 0.602. The minimum Gasteiger partial charge on any atom is -0.389 e. The molecule has 1 nitrogen and oxygen atoms in total. The summed E-state index contributed by atoms with van der Waals surface area (Å²) >= 11 is 0. The van der Waals surface area contributed by atoms with E-state index in [1.54, 1.807) is 6.92 Å². The van der Waals surface area contributed by atoms with E-state index in [1.165, 1.54) is 0 Å². The summed E-state index contributed by atoms with van der Waals surface area (Å²) in [6, 6.07) is 0. The molecule has 0 unspecified atom stereocenters. The van der Waals surface area contributed by atoms with Crippen molar-refractivity contribution in [1.29, 1.82) is 0 Å². The summed E-state index contributed by atoms with van der Waals surface area (Å²) < 4.78 is 12.4. The molecule has 0 aliphatic heterocycles. The third-order valence-corrected chi connectivity index (χ3v) is 1.76. The molecule has 0 amide bonds. The van der Waals surface area contributed by atoms with Crippen molar-refractivity contribution in [3.8, 4) is 0 Å². The van der Waals surface area contributed by atoms with Crippen LogP contribution in [-0.2, 0) is 0 Å². The summed E-state index contributed by atoms with van der Waals surface area (Å²) in [6.45, 7) is 1.32. The zero-order valence-electron chi connectivity index (χ0n) is 5.52. The Morgan fingerprint density at radius 2 is 2.22 bits per heavy atom. The largest absolute Gasteiger partial charge is 0.389 e. The molecular weight excluding hydrogens is 119 g/mol. The molecule has 0 aromatic rings. The highest BCUT2D eigenvalue weighted by molar-refractivity contribution is 5.13. The maximum atomic E-state index is 12.4. The Morgan fingerprint density at radius 1 is 1.67 bits per heavy atom. The highest BCUT2D eigenvalue weighted by Gasteiger charge is 2.25. The summed E-state index contributed by atoms with van der Waals surface area (Å²) in [5.74, 6) is 0.106. The predicted molar refractivity (Wildman–Crippen MR) is 33.6 cm³/mol. The van der Waals surface area contributed by atoms with E-state index in [4.69, 9.17) is 5.11 Å². The third-order valence-electron chi connectivity index (χ3n) is 1.76. The molecule has 1 saturated carbocycles. The summed E-state index contributed by atoms with van der Waals surface area (Å²) in [5.41, 5.74) is 0.748. The summed E-state index contributed by atoms with van der Waals surface area (Å²) in [6.07, 6.45) is 2.19. The molecule has 52 valence electrons. The van der Waals surface area contributed by atoms with E-state index in [-0.39, 0.29) is 5.83 Å². The van der Waals surface area contributed by atoms with Gasteiger partial charge in [-0.15, -0.1) is 0 Å². The van der Waals surface area contributed by atoms with Crippen LogP contribution in [0, 0.1) is 5.92 Å². The Bertz CT molecular complexity index is 136. The minimum atomic E-state index is -0.428. The van der Waals surface area contributed by atoms with Crippen LogP contribution in [-0.4, -0.2) is 11.7 Å². The number of hydrogen-bond acceptors (Lipinski definition) is 1. The second-order valence-electron chi connectivity index (χ2n) is 2.52. The number of allylic oxidation sites excluding steroid dienone is 1. The van der Waals surface area contributed by atoms with Crippen molar-refractivity contribution in [2.45, 2.75) is 19.8 Å². The van der Waals surface area contributed by atoms with Gasteiger partial charge in [-0.3, -0.25) is 0 Å². The lowest BCUT2D eigenvalue weighted by Gasteiger charge is -1.96. The van der Waals surface area contributed by atoms with Crippen molar-refractivity contribution in [2.24, 2.45) is 5.92 Å². The van der Waals surface area contributed by atoms with Crippen LogP contribution in [0.15, 0.2) is 11.4 Å². The van der Waals surface area contributed by atoms with Gasteiger partial charge in [0.15, 0.2) is 0 Å². The average Bonchev–Trinajstić information content (AvgIpc) is 2.66. The zero-order valence-corrected chi connectivity index (χ0v) is 5.52. The van der Waals surface area contributed by atoms with Crippen LogP contribution in [0.1, 0.15) is 19.8 Å². The van der Waals surface area contributed by atoms with Crippen molar-refractivity contribution < 1.29 is 9.50 Å². The first-order valence-electron chi connectivity index (χ1n) is 3.21. The van der Waals surface area contributed by atoms with Crippen LogP contribution in [0.25, 0.3) is 0 Å². The SMILES string of the molecule is C/C(=C(\F)CO)C1CC1. The van der Waals surface area contributed by atoms with Gasteiger partial charge in [-0.05, 0) is 31.3 Å². The van der Waals surface area contributed by atoms with Crippen molar-refractivity contribution >= 4 is 0 Å². The first-order valence-corrected chi connectivity index (χ1v) is 3.21. The Kier molecular flexibility index (Phi) is 1.86. The Morgan fingerprint density at radius 3 is 2.56 bits per heavy atom. The van der Waals surface area contributed by atoms with Gasteiger partial charge in [-0.1, -0.05) is 0 Å². The average molecular weight is 130 g/mol. The lowest BCUT2D eigenvalue weighted by Crippen LogP contribution is -1.89. The molecule has 0 radical (unpaired) electrons. The van der Waals surface area contributed by atoms with Crippen molar-refractivity contribution in [3.05, 3.63) is 11.4 Å². The van der Waals surface area contributed by atoms with E-state index in [0.717, 1.165) is 18.4 Å². The van der Waals surface area contributed by atoms with E-state index in [1.807, 2.05) is 0 Å². The minimum absolute atomic E-state index is 0.336. The van der Waals surface area contributed by atoms with E-state index < -0.39 is 6.61 Å². The maximum Gasteiger partial charge on any atom is 0.124 e. The van der Waals surface area contributed by atoms with Gasteiger partial charge in [0, 0.05) is 0 Å². The van der Waals surface area contributed by atoms with Crippen LogP contribution in [0.4, 0.5) is 4.39 Å². The first kappa shape index (κ1) is 6.75. The molecule has 0 aromatic heterocycles. The van der Waals surface area contributed by atoms with Gasteiger partial charge in [0.1, 0.15) is 5.83 Å². The van der Waals surface area contributed by atoms with Gasteiger partial charge >= 0.3 is 0 Å². The van der Waals surface area contributed by atoms with Crippen LogP contribution in [0.5, 0.6) is 0 Å². The molecule has 1 aliphatic carbocycles. The van der Waals surface area contributed by atoms with Crippen molar-refractivity contribution in [1.82, 2.24) is 0 Å². The second-order valence-corrected chi connectivity index (χ2v) is 2.52.